The molecule has 0 aliphatic rings. The molecule has 0 aliphatic carbocycles. The van der Waals surface area contributed by atoms with E-state index in [9.17, 15) is 9.59 Å². The summed E-state index contributed by atoms with van der Waals surface area (Å²) in [4.78, 5) is 23.1. The van der Waals surface area contributed by atoms with Crippen molar-refractivity contribution >= 4 is 11.6 Å². The van der Waals surface area contributed by atoms with Gasteiger partial charge in [-0.05, 0) is 5.41 Å². The molecule has 2 nitrogen and oxygen atoms in total. The summed E-state index contributed by atoms with van der Waals surface area (Å²) in [5.41, 5.74) is -0.236. The SMILES string of the molecule is CCC(=O)C(C(=O)CC)C(C)(C)C. The Hall–Kier alpha value is -0.660. The fraction of sp³-hybridized carbons (Fsp3) is 0.818. The van der Waals surface area contributed by atoms with Crippen LogP contribution >= 0.6 is 0 Å². The highest BCUT2D eigenvalue weighted by molar-refractivity contribution is 6.02. The number of hydrogen-bond acceptors (Lipinski definition) is 2. The fourth-order valence-electron chi connectivity index (χ4n) is 1.55. The van der Waals surface area contributed by atoms with Gasteiger partial charge in [-0.2, -0.15) is 0 Å². The highest BCUT2D eigenvalue weighted by atomic mass is 16.1. The fourth-order valence-corrected chi connectivity index (χ4v) is 1.55. The van der Waals surface area contributed by atoms with Gasteiger partial charge >= 0.3 is 0 Å². The lowest BCUT2D eigenvalue weighted by Crippen LogP contribution is -2.34. The van der Waals surface area contributed by atoms with Gasteiger partial charge in [0.15, 0.2) is 0 Å². The average Bonchev–Trinajstić information content (AvgIpc) is 2.01. The third kappa shape index (κ3) is 3.29. The smallest absolute Gasteiger partial charge is 0.143 e. The van der Waals surface area contributed by atoms with Gasteiger partial charge in [-0.3, -0.25) is 9.59 Å². The molecule has 0 spiro atoms. The van der Waals surface area contributed by atoms with Crippen molar-refractivity contribution in [3.8, 4) is 0 Å². The first-order chi connectivity index (χ1) is 5.84. The van der Waals surface area contributed by atoms with Crippen LogP contribution in [-0.2, 0) is 9.59 Å². The molecule has 0 N–H and O–H groups in total. The molecule has 0 aliphatic heterocycles. The van der Waals surface area contributed by atoms with E-state index in [0.29, 0.717) is 12.8 Å². The molecule has 0 saturated carbocycles. The molecule has 0 radical (unpaired) electrons. The predicted octanol–water partition coefficient (Wildman–Crippen LogP) is 2.61. The number of Topliss-reactive ketones (excluding diaryl/α,β-unsaturated/α-hetero) is 2. The standard InChI is InChI=1S/C11H20O2/c1-6-8(12)10(9(13)7-2)11(3,4)5/h10H,6-7H2,1-5H3. The van der Waals surface area contributed by atoms with Crippen molar-refractivity contribution in [2.75, 3.05) is 0 Å². The Morgan fingerprint density at radius 1 is 1.00 bits per heavy atom. The van der Waals surface area contributed by atoms with Gasteiger partial charge in [0.2, 0.25) is 0 Å². The van der Waals surface area contributed by atoms with Gasteiger partial charge in [-0.1, -0.05) is 34.6 Å². The molecule has 0 unspecified atom stereocenters. The second-order valence-electron chi connectivity index (χ2n) is 4.44. The van der Waals surface area contributed by atoms with Gasteiger partial charge in [0.25, 0.3) is 0 Å². The second kappa shape index (κ2) is 4.54. The average molecular weight is 184 g/mol. The van der Waals surface area contributed by atoms with Gasteiger partial charge in [0.05, 0.1) is 5.92 Å². The number of ketones is 2. The summed E-state index contributed by atoms with van der Waals surface area (Å²) in [6, 6.07) is 0. The van der Waals surface area contributed by atoms with Gasteiger partial charge in [0, 0.05) is 12.8 Å². The summed E-state index contributed by atoms with van der Waals surface area (Å²) in [5.74, 6) is -0.277. The maximum atomic E-state index is 11.5. The minimum absolute atomic E-state index is 0.0688. The highest BCUT2D eigenvalue weighted by Crippen LogP contribution is 2.29. The summed E-state index contributed by atoms with van der Waals surface area (Å²) >= 11 is 0. The van der Waals surface area contributed by atoms with Crippen LogP contribution in [0.3, 0.4) is 0 Å². The Labute approximate surface area is 80.7 Å². The monoisotopic (exact) mass is 184 g/mol. The molecule has 0 aromatic heterocycles. The molecule has 76 valence electrons. The Kier molecular flexibility index (Phi) is 4.31. The highest BCUT2D eigenvalue weighted by Gasteiger charge is 2.34. The van der Waals surface area contributed by atoms with Crippen molar-refractivity contribution in [2.45, 2.75) is 47.5 Å². The van der Waals surface area contributed by atoms with Gasteiger partial charge in [0.1, 0.15) is 11.6 Å². The van der Waals surface area contributed by atoms with E-state index in [1.807, 2.05) is 34.6 Å². The topological polar surface area (TPSA) is 34.1 Å². The Balaban J connectivity index is 4.76. The lowest BCUT2D eigenvalue weighted by Gasteiger charge is -2.27. The van der Waals surface area contributed by atoms with Gasteiger partial charge in [-0.15, -0.1) is 0 Å². The van der Waals surface area contributed by atoms with Gasteiger partial charge in [-0.25, -0.2) is 0 Å². The van der Waals surface area contributed by atoms with Gasteiger partial charge < -0.3 is 0 Å². The van der Waals surface area contributed by atoms with Crippen molar-refractivity contribution in [3.63, 3.8) is 0 Å². The van der Waals surface area contributed by atoms with E-state index in [1.54, 1.807) is 0 Å². The van der Waals surface area contributed by atoms with E-state index in [1.165, 1.54) is 0 Å². The summed E-state index contributed by atoms with van der Waals surface area (Å²) in [6.45, 7) is 9.45. The number of carbonyl (C=O) groups excluding carboxylic acids is 2. The Morgan fingerprint density at radius 2 is 1.31 bits per heavy atom. The van der Waals surface area contributed by atoms with Crippen molar-refractivity contribution < 1.29 is 9.59 Å². The lowest BCUT2D eigenvalue weighted by atomic mass is 9.74. The number of carbonyl (C=O) groups is 2. The number of hydrogen-bond donors (Lipinski definition) is 0. The van der Waals surface area contributed by atoms with Crippen molar-refractivity contribution in [1.82, 2.24) is 0 Å². The first kappa shape index (κ1) is 12.3. The van der Waals surface area contributed by atoms with E-state index in [0.717, 1.165) is 0 Å². The van der Waals surface area contributed by atoms with Crippen LogP contribution in [-0.4, -0.2) is 11.6 Å². The van der Waals surface area contributed by atoms with Crippen LogP contribution in [0.25, 0.3) is 0 Å². The molecule has 0 aromatic carbocycles. The third-order valence-corrected chi connectivity index (χ3v) is 2.21. The summed E-state index contributed by atoms with van der Waals surface area (Å²) in [7, 11) is 0. The molecular weight excluding hydrogens is 164 g/mol. The quantitative estimate of drug-likeness (QED) is 0.629. The van der Waals surface area contributed by atoms with Crippen LogP contribution < -0.4 is 0 Å². The molecule has 0 rings (SSSR count). The second-order valence-corrected chi connectivity index (χ2v) is 4.44. The van der Waals surface area contributed by atoms with Crippen LogP contribution in [0.1, 0.15) is 47.5 Å². The van der Waals surface area contributed by atoms with Crippen LogP contribution in [0, 0.1) is 11.3 Å². The normalized spacial score (nSPS) is 11.8. The van der Waals surface area contributed by atoms with Crippen molar-refractivity contribution in [3.05, 3.63) is 0 Å². The zero-order valence-electron chi connectivity index (χ0n) is 9.31. The Bertz CT molecular complexity index is 183. The molecule has 2 heteroatoms. The zero-order chi connectivity index (χ0) is 10.6. The minimum atomic E-state index is -0.414. The molecule has 13 heavy (non-hydrogen) atoms. The largest absolute Gasteiger partial charge is 0.299 e. The predicted molar refractivity (Wildman–Crippen MR) is 53.5 cm³/mol. The van der Waals surface area contributed by atoms with Crippen molar-refractivity contribution in [1.29, 1.82) is 0 Å². The molecule has 0 fully saturated rings. The van der Waals surface area contributed by atoms with Crippen molar-refractivity contribution in [2.24, 2.45) is 11.3 Å². The first-order valence-corrected chi connectivity index (χ1v) is 4.90. The third-order valence-electron chi connectivity index (χ3n) is 2.21. The number of rotatable bonds is 4. The molecule has 0 heterocycles. The van der Waals surface area contributed by atoms with E-state index in [4.69, 9.17) is 0 Å². The van der Waals surface area contributed by atoms with Crippen LogP contribution in [0.5, 0.6) is 0 Å². The summed E-state index contributed by atoms with van der Waals surface area (Å²) in [6.07, 6.45) is 0.904. The van der Waals surface area contributed by atoms with E-state index >= 15 is 0 Å². The lowest BCUT2D eigenvalue weighted by molar-refractivity contribution is -0.136. The van der Waals surface area contributed by atoms with Crippen LogP contribution in [0.2, 0.25) is 0 Å². The molecule has 0 saturated heterocycles. The first-order valence-electron chi connectivity index (χ1n) is 4.90. The minimum Gasteiger partial charge on any atom is -0.299 e. The van der Waals surface area contributed by atoms with E-state index in [2.05, 4.69) is 0 Å². The molecule has 0 bridgehead atoms. The summed E-state index contributed by atoms with van der Waals surface area (Å²) in [5, 5.41) is 0. The van der Waals surface area contributed by atoms with Crippen LogP contribution in [0.4, 0.5) is 0 Å². The molecular formula is C11H20O2. The zero-order valence-corrected chi connectivity index (χ0v) is 9.31. The molecule has 0 aromatic rings. The maximum Gasteiger partial charge on any atom is 0.143 e. The maximum absolute atomic E-state index is 11.5. The van der Waals surface area contributed by atoms with E-state index in [-0.39, 0.29) is 17.0 Å². The molecule has 0 amide bonds. The Morgan fingerprint density at radius 3 is 1.46 bits per heavy atom. The van der Waals surface area contributed by atoms with E-state index < -0.39 is 5.92 Å². The van der Waals surface area contributed by atoms with Crippen LogP contribution in [0.15, 0.2) is 0 Å². The molecule has 0 atom stereocenters. The summed E-state index contributed by atoms with van der Waals surface area (Å²) < 4.78 is 0.